The van der Waals surface area contributed by atoms with E-state index in [0.717, 1.165) is 34.4 Å². The second-order valence-electron chi connectivity index (χ2n) is 6.93. The number of pyridine rings is 1. The van der Waals surface area contributed by atoms with Gasteiger partial charge >= 0.3 is 0 Å². The van der Waals surface area contributed by atoms with E-state index >= 15 is 0 Å². The van der Waals surface area contributed by atoms with E-state index in [9.17, 15) is 4.79 Å². The minimum absolute atomic E-state index is 0.0502. The number of hydrogen-bond acceptors (Lipinski definition) is 5. The minimum Gasteiger partial charge on any atom is -0.392 e. The molecule has 4 heterocycles. The standard InChI is InChI=1S/C20H22N6O2/c1-4-12(2)18-13(3)24-19-16(9-23-26(19)20(18)28)15-8-22-25(10-15)17-6-5-14(11-27)7-21-17/h5-10,12,23,27H,4,11H2,1-3H3. The smallest absolute Gasteiger partial charge is 0.276 e. The summed E-state index contributed by atoms with van der Waals surface area (Å²) in [5.74, 6) is 0.794. The number of aromatic amines is 1. The average Bonchev–Trinajstić information content (AvgIpc) is 3.35. The zero-order valence-electron chi connectivity index (χ0n) is 16.0. The molecule has 0 aliphatic carbocycles. The van der Waals surface area contributed by atoms with Crippen LogP contribution in [0.4, 0.5) is 0 Å². The van der Waals surface area contributed by atoms with Crippen LogP contribution in [-0.2, 0) is 6.61 Å². The van der Waals surface area contributed by atoms with Crippen molar-refractivity contribution < 1.29 is 5.11 Å². The number of aryl methyl sites for hydroxylation is 1. The Morgan fingerprint density at radius 3 is 2.79 bits per heavy atom. The summed E-state index contributed by atoms with van der Waals surface area (Å²) in [4.78, 5) is 21.9. The normalized spacial score (nSPS) is 12.6. The first-order valence-corrected chi connectivity index (χ1v) is 9.25. The monoisotopic (exact) mass is 378 g/mol. The van der Waals surface area contributed by atoms with E-state index in [2.05, 4.69) is 22.1 Å². The molecule has 0 fully saturated rings. The SMILES string of the molecule is CCC(C)c1c(C)nc2c(-c3cnn(-c4ccc(CO)cn4)c3)c[nH]n2c1=O. The summed E-state index contributed by atoms with van der Waals surface area (Å²) in [7, 11) is 0. The first-order valence-electron chi connectivity index (χ1n) is 9.25. The van der Waals surface area contributed by atoms with Gasteiger partial charge in [-0.1, -0.05) is 19.9 Å². The Labute approximate surface area is 161 Å². The van der Waals surface area contributed by atoms with E-state index in [1.807, 2.05) is 20.0 Å². The van der Waals surface area contributed by atoms with E-state index in [4.69, 9.17) is 10.1 Å². The molecular weight excluding hydrogens is 356 g/mol. The Morgan fingerprint density at radius 2 is 2.11 bits per heavy atom. The van der Waals surface area contributed by atoms with Crippen LogP contribution in [0.5, 0.6) is 0 Å². The lowest BCUT2D eigenvalue weighted by Crippen LogP contribution is -2.23. The summed E-state index contributed by atoms with van der Waals surface area (Å²) in [5.41, 5.74) is 4.40. The number of aliphatic hydroxyl groups is 1. The molecule has 0 amide bonds. The van der Waals surface area contributed by atoms with Crippen molar-refractivity contribution in [3.05, 3.63) is 64.1 Å². The molecule has 8 heteroatoms. The zero-order valence-corrected chi connectivity index (χ0v) is 16.0. The van der Waals surface area contributed by atoms with Gasteiger partial charge in [-0.3, -0.25) is 9.89 Å². The Bertz CT molecular complexity index is 1190. The zero-order chi connectivity index (χ0) is 19.8. The average molecular weight is 378 g/mol. The molecule has 0 aliphatic rings. The van der Waals surface area contributed by atoms with Crippen molar-refractivity contribution in [3.63, 3.8) is 0 Å². The highest BCUT2D eigenvalue weighted by atomic mass is 16.3. The number of aromatic nitrogens is 6. The summed E-state index contributed by atoms with van der Waals surface area (Å²) in [6, 6.07) is 3.60. The lowest BCUT2D eigenvalue weighted by Gasteiger charge is -2.11. The van der Waals surface area contributed by atoms with Crippen molar-refractivity contribution in [2.24, 2.45) is 0 Å². The maximum Gasteiger partial charge on any atom is 0.276 e. The lowest BCUT2D eigenvalue weighted by atomic mass is 9.98. The summed E-state index contributed by atoms with van der Waals surface area (Å²) < 4.78 is 3.15. The largest absolute Gasteiger partial charge is 0.392 e. The molecule has 4 aromatic rings. The number of H-pyrrole nitrogens is 1. The van der Waals surface area contributed by atoms with Gasteiger partial charge in [-0.25, -0.2) is 19.2 Å². The molecule has 0 saturated heterocycles. The molecular formula is C20H22N6O2. The van der Waals surface area contributed by atoms with Gasteiger partial charge in [-0.2, -0.15) is 5.10 Å². The number of nitrogens with one attached hydrogen (secondary N) is 1. The van der Waals surface area contributed by atoms with Crippen LogP contribution in [0, 0.1) is 6.92 Å². The fraction of sp³-hybridized carbons (Fsp3) is 0.300. The van der Waals surface area contributed by atoms with Crippen molar-refractivity contribution in [1.29, 1.82) is 0 Å². The minimum atomic E-state index is -0.0586. The third kappa shape index (κ3) is 2.91. The number of nitrogens with zero attached hydrogens (tertiary/aromatic N) is 5. The van der Waals surface area contributed by atoms with Gasteiger partial charge in [-0.15, -0.1) is 0 Å². The molecule has 8 nitrogen and oxygen atoms in total. The fourth-order valence-corrected chi connectivity index (χ4v) is 3.35. The molecule has 28 heavy (non-hydrogen) atoms. The maximum absolute atomic E-state index is 12.9. The van der Waals surface area contributed by atoms with Gasteiger partial charge in [0, 0.05) is 41.0 Å². The molecule has 0 spiro atoms. The second kappa shape index (κ2) is 7.05. The summed E-state index contributed by atoms with van der Waals surface area (Å²) in [6.45, 7) is 5.94. The number of fused-ring (bicyclic) bond motifs is 1. The van der Waals surface area contributed by atoms with Gasteiger partial charge in [0.25, 0.3) is 5.56 Å². The van der Waals surface area contributed by atoms with Crippen LogP contribution in [0.1, 0.15) is 43.0 Å². The van der Waals surface area contributed by atoms with E-state index < -0.39 is 0 Å². The highest BCUT2D eigenvalue weighted by Crippen LogP contribution is 2.25. The Kier molecular flexibility index (Phi) is 4.56. The van der Waals surface area contributed by atoms with E-state index in [1.54, 1.807) is 35.4 Å². The highest BCUT2D eigenvalue weighted by Gasteiger charge is 2.19. The molecule has 0 saturated carbocycles. The van der Waals surface area contributed by atoms with Crippen LogP contribution in [0.2, 0.25) is 0 Å². The first-order chi connectivity index (χ1) is 13.5. The molecule has 1 atom stereocenters. The van der Waals surface area contributed by atoms with Crippen LogP contribution >= 0.6 is 0 Å². The number of rotatable bonds is 5. The van der Waals surface area contributed by atoms with Gasteiger partial charge < -0.3 is 5.11 Å². The van der Waals surface area contributed by atoms with E-state index in [1.165, 1.54) is 4.52 Å². The molecule has 4 rings (SSSR count). The van der Waals surface area contributed by atoms with Crippen LogP contribution < -0.4 is 5.56 Å². The molecule has 0 bridgehead atoms. The van der Waals surface area contributed by atoms with Crippen molar-refractivity contribution >= 4 is 5.65 Å². The van der Waals surface area contributed by atoms with Crippen molar-refractivity contribution in [1.82, 2.24) is 29.4 Å². The first kappa shape index (κ1) is 18.1. The van der Waals surface area contributed by atoms with Crippen LogP contribution in [0.3, 0.4) is 0 Å². The van der Waals surface area contributed by atoms with E-state index in [0.29, 0.717) is 11.5 Å². The Balaban J connectivity index is 1.78. The second-order valence-corrected chi connectivity index (χ2v) is 6.93. The maximum atomic E-state index is 12.9. The quantitative estimate of drug-likeness (QED) is 0.556. The highest BCUT2D eigenvalue weighted by molar-refractivity contribution is 5.76. The third-order valence-electron chi connectivity index (χ3n) is 5.11. The molecule has 0 radical (unpaired) electrons. The van der Waals surface area contributed by atoms with Crippen LogP contribution in [-0.4, -0.2) is 34.5 Å². The predicted molar refractivity (Wildman–Crippen MR) is 106 cm³/mol. The van der Waals surface area contributed by atoms with Gasteiger partial charge in [-0.05, 0) is 30.9 Å². The molecule has 1 unspecified atom stereocenters. The molecule has 0 aliphatic heterocycles. The number of aliphatic hydroxyl groups excluding tert-OH is 1. The fourth-order valence-electron chi connectivity index (χ4n) is 3.35. The van der Waals surface area contributed by atoms with Gasteiger partial charge in [0.05, 0.1) is 12.8 Å². The summed E-state index contributed by atoms with van der Waals surface area (Å²) >= 11 is 0. The van der Waals surface area contributed by atoms with Crippen LogP contribution in [0.25, 0.3) is 22.6 Å². The Morgan fingerprint density at radius 1 is 1.29 bits per heavy atom. The molecule has 4 aromatic heterocycles. The summed E-state index contributed by atoms with van der Waals surface area (Å²) in [5, 5.41) is 16.5. The van der Waals surface area contributed by atoms with Crippen molar-refractivity contribution in [3.8, 4) is 16.9 Å². The molecule has 2 N–H and O–H groups in total. The predicted octanol–water partition coefficient (Wildman–Crippen LogP) is 2.58. The van der Waals surface area contributed by atoms with Crippen molar-refractivity contribution in [2.75, 3.05) is 0 Å². The van der Waals surface area contributed by atoms with E-state index in [-0.39, 0.29) is 18.1 Å². The third-order valence-corrected chi connectivity index (χ3v) is 5.11. The van der Waals surface area contributed by atoms with Gasteiger partial charge in [0.1, 0.15) is 0 Å². The van der Waals surface area contributed by atoms with Crippen molar-refractivity contribution in [2.45, 2.75) is 39.7 Å². The molecule has 144 valence electrons. The van der Waals surface area contributed by atoms with Gasteiger partial charge in [0.15, 0.2) is 11.5 Å². The Hall–Kier alpha value is -3.26. The van der Waals surface area contributed by atoms with Crippen LogP contribution in [0.15, 0.2) is 41.7 Å². The van der Waals surface area contributed by atoms with Gasteiger partial charge in [0.2, 0.25) is 0 Å². The topological polar surface area (TPSA) is 101 Å². The number of hydrogen-bond donors (Lipinski definition) is 2. The molecule has 0 aromatic carbocycles. The lowest BCUT2D eigenvalue weighted by molar-refractivity contribution is 0.281. The summed E-state index contributed by atoms with van der Waals surface area (Å²) in [6.07, 6.45) is 7.83.